The maximum absolute atomic E-state index is 13.6. The van der Waals surface area contributed by atoms with E-state index in [-0.39, 0.29) is 29.0 Å². The molecule has 11 nitrogen and oxygen atoms in total. The van der Waals surface area contributed by atoms with Crippen molar-refractivity contribution < 1.29 is 31.4 Å². The van der Waals surface area contributed by atoms with Crippen LogP contribution in [0.25, 0.3) is 11.1 Å². The number of hydrogen-bond donors (Lipinski definition) is 4. The van der Waals surface area contributed by atoms with E-state index in [0.717, 1.165) is 16.7 Å². The van der Waals surface area contributed by atoms with Crippen molar-refractivity contribution in [2.24, 2.45) is 5.73 Å². The van der Waals surface area contributed by atoms with Crippen LogP contribution >= 0.6 is 0 Å². The molecular weight excluding hydrogens is 604 g/mol. The number of nitrogens with two attached hydrogens (primary N) is 1. The Bertz CT molecular complexity index is 1660. The summed E-state index contributed by atoms with van der Waals surface area (Å²) in [6.07, 6.45) is 1.06. The average molecular weight is 645 g/mol. The summed E-state index contributed by atoms with van der Waals surface area (Å²) in [4.78, 5) is 0.349. The molecule has 3 aromatic rings. The fourth-order valence-corrected chi connectivity index (χ4v) is 7.98. The molecule has 2 heterocycles. The van der Waals surface area contributed by atoms with E-state index >= 15 is 0 Å². The standard InChI is InChI=1S/C31H40N4O7S2/c1-33-43(37,38)29-9-4-8-28(17-29)41-22-27(36)20-34-26-18-31(42-21-26)11-13-35(14-12-31)44(39,40)30-10-3-7-25(16-30)24-6-2-5-23(15-24)19-32/h2-10,15-17,26-27,33-34,36H,11-14,18-22,32H2,1H3/t26?,27-/m0/s1. The third-order valence-corrected chi connectivity index (χ3v) is 11.6. The van der Waals surface area contributed by atoms with Gasteiger partial charge in [-0.3, -0.25) is 0 Å². The van der Waals surface area contributed by atoms with Gasteiger partial charge >= 0.3 is 0 Å². The van der Waals surface area contributed by atoms with Crippen LogP contribution in [0, 0.1) is 0 Å². The number of piperidine rings is 1. The highest BCUT2D eigenvalue weighted by Gasteiger charge is 2.44. The first-order valence-corrected chi connectivity index (χ1v) is 17.6. The van der Waals surface area contributed by atoms with Crippen LogP contribution in [-0.4, -0.2) is 83.9 Å². The first-order chi connectivity index (χ1) is 21.0. The van der Waals surface area contributed by atoms with Crippen molar-refractivity contribution in [3.8, 4) is 16.9 Å². The largest absolute Gasteiger partial charge is 0.491 e. The Kier molecular flexibility index (Phi) is 10.1. The van der Waals surface area contributed by atoms with E-state index in [9.17, 15) is 21.9 Å². The summed E-state index contributed by atoms with van der Waals surface area (Å²) in [6.45, 7) is 1.86. The fourth-order valence-electron chi connectivity index (χ4n) is 5.72. The first kappa shape index (κ1) is 32.5. The average Bonchev–Trinajstić information content (AvgIpc) is 3.45. The highest BCUT2D eigenvalue weighted by Crippen LogP contribution is 2.37. The van der Waals surface area contributed by atoms with Crippen LogP contribution in [0.4, 0.5) is 0 Å². The minimum Gasteiger partial charge on any atom is -0.491 e. The molecule has 13 heteroatoms. The molecule has 2 atom stereocenters. The van der Waals surface area contributed by atoms with E-state index in [2.05, 4.69) is 10.0 Å². The van der Waals surface area contributed by atoms with E-state index in [1.165, 1.54) is 23.5 Å². The normalized spacial score (nSPS) is 19.7. The van der Waals surface area contributed by atoms with E-state index in [4.69, 9.17) is 15.2 Å². The zero-order valence-corrected chi connectivity index (χ0v) is 26.3. The lowest BCUT2D eigenvalue weighted by atomic mass is 9.88. The molecule has 0 amide bonds. The zero-order chi connectivity index (χ0) is 31.4. The molecular formula is C31H40N4O7S2. The maximum Gasteiger partial charge on any atom is 0.243 e. The van der Waals surface area contributed by atoms with Crippen LogP contribution in [0.5, 0.6) is 5.75 Å². The highest BCUT2D eigenvalue weighted by atomic mass is 32.2. The van der Waals surface area contributed by atoms with E-state index in [1.807, 2.05) is 30.3 Å². The number of aliphatic hydroxyl groups is 1. The Hall–Kier alpha value is -2.88. The molecule has 0 saturated carbocycles. The smallest absolute Gasteiger partial charge is 0.243 e. The predicted octanol–water partition coefficient (Wildman–Crippen LogP) is 2.06. The molecule has 2 saturated heterocycles. The molecule has 2 aliphatic rings. The number of ether oxygens (including phenoxy) is 2. The summed E-state index contributed by atoms with van der Waals surface area (Å²) in [5.74, 6) is 0.345. The van der Waals surface area contributed by atoms with Gasteiger partial charge in [-0.1, -0.05) is 36.4 Å². The van der Waals surface area contributed by atoms with Gasteiger partial charge in [0.1, 0.15) is 18.5 Å². The fraction of sp³-hybridized carbons (Fsp3) is 0.419. The number of nitrogens with one attached hydrogen (secondary N) is 2. The van der Waals surface area contributed by atoms with Crippen molar-refractivity contribution in [2.75, 3.05) is 39.9 Å². The molecule has 5 rings (SSSR count). The minimum atomic E-state index is -3.68. The molecule has 3 aromatic carbocycles. The summed E-state index contributed by atoms with van der Waals surface area (Å²) in [6, 6.07) is 20.9. The van der Waals surface area contributed by atoms with Crippen molar-refractivity contribution in [2.45, 2.75) is 53.3 Å². The van der Waals surface area contributed by atoms with E-state index < -0.39 is 31.8 Å². The van der Waals surface area contributed by atoms with Gasteiger partial charge in [-0.15, -0.1) is 0 Å². The lowest BCUT2D eigenvalue weighted by Crippen LogP contribution is -2.47. The second-order valence-electron chi connectivity index (χ2n) is 11.3. The zero-order valence-electron chi connectivity index (χ0n) is 24.7. The molecule has 0 bridgehead atoms. The number of rotatable bonds is 12. The lowest BCUT2D eigenvalue weighted by molar-refractivity contribution is -0.0312. The second-order valence-corrected chi connectivity index (χ2v) is 15.1. The van der Waals surface area contributed by atoms with Crippen molar-refractivity contribution in [3.63, 3.8) is 0 Å². The van der Waals surface area contributed by atoms with Crippen LogP contribution in [-0.2, 0) is 31.3 Å². The van der Waals surface area contributed by atoms with Crippen LogP contribution in [0.1, 0.15) is 24.8 Å². The molecule has 2 aliphatic heterocycles. The van der Waals surface area contributed by atoms with Gasteiger partial charge in [0.2, 0.25) is 20.0 Å². The van der Waals surface area contributed by atoms with Gasteiger partial charge in [-0.05, 0) is 73.3 Å². The summed E-state index contributed by atoms with van der Waals surface area (Å²) >= 11 is 0. The van der Waals surface area contributed by atoms with Crippen LogP contribution in [0.15, 0.2) is 82.6 Å². The Morgan fingerprint density at radius 1 is 1.00 bits per heavy atom. The SMILES string of the molecule is CNS(=O)(=O)c1cccc(OC[C@@H](O)CNC2COC3(CCN(S(=O)(=O)c4cccc(-c5cccc(CN)c5)c4)CC3)C2)c1. The lowest BCUT2D eigenvalue weighted by Gasteiger charge is -2.38. The van der Waals surface area contributed by atoms with E-state index in [0.29, 0.717) is 51.3 Å². The third kappa shape index (κ3) is 7.49. The number of benzene rings is 3. The molecule has 238 valence electrons. The molecule has 2 fully saturated rings. The predicted molar refractivity (Wildman–Crippen MR) is 167 cm³/mol. The van der Waals surface area contributed by atoms with Crippen molar-refractivity contribution in [1.82, 2.24) is 14.3 Å². The number of nitrogens with zero attached hydrogens (tertiary/aromatic N) is 1. The van der Waals surface area contributed by atoms with Crippen molar-refractivity contribution in [1.29, 1.82) is 0 Å². The maximum atomic E-state index is 13.6. The Balaban J connectivity index is 1.11. The number of hydrogen-bond acceptors (Lipinski definition) is 9. The number of sulfonamides is 2. The van der Waals surface area contributed by atoms with Crippen LogP contribution < -0.4 is 20.5 Å². The monoisotopic (exact) mass is 644 g/mol. The molecule has 1 spiro atoms. The number of aliphatic hydroxyl groups excluding tert-OH is 1. The summed E-state index contributed by atoms with van der Waals surface area (Å²) in [5, 5.41) is 13.8. The van der Waals surface area contributed by atoms with Crippen molar-refractivity contribution in [3.05, 3.63) is 78.4 Å². The topological polar surface area (TPSA) is 160 Å². The minimum absolute atomic E-state index is 0.0119. The van der Waals surface area contributed by atoms with Gasteiger partial charge < -0.3 is 25.6 Å². The van der Waals surface area contributed by atoms with Crippen molar-refractivity contribution >= 4 is 20.0 Å². The van der Waals surface area contributed by atoms with Crippen LogP contribution in [0.3, 0.4) is 0 Å². The summed E-state index contributed by atoms with van der Waals surface area (Å²) in [5.41, 5.74) is 8.10. The Labute approximate surface area is 259 Å². The summed E-state index contributed by atoms with van der Waals surface area (Å²) in [7, 11) is -5.93. The van der Waals surface area contributed by atoms with Gasteiger partial charge in [0.15, 0.2) is 0 Å². The van der Waals surface area contributed by atoms with Gasteiger partial charge in [0.05, 0.1) is 22.0 Å². The van der Waals surface area contributed by atoms with Gasteiger partial charge in [0, 0.05) is 38.3 Å². The molecule has 44 heavy (non-hydrogen) atoms. The van der Waals surface area contributed by atoms with Gasteiger partial charge in [0.25, 0.3) is 0 Å². The third-order valence-electron chi connectivity index (χ3n) is 8.28. The van der Waals surface area contributed by atoms with Gasteiger partial charge in [-0.2, -0.15) is 4.31 Å². The van der Waals surface area contributed by atoms with Crippen LogP contribution in [0.2, 0.25) is 0 Å². The summed E-state index contributed by atoms with van der Waals surface area (Å²) < 4.78 is 66.8. The quantitative estimate of drug-likeness (QED) is 0.231. The van der Waals surface area contributed by atoms with Gasteiger partial charge in [-0.25, -0.2) is 21.6 Å². The Morgan fingerprint density at radius 3 is 2.41 bits per heavy atom. The molecule has 0 radical (unpaired) electrons. The Morgan fingerprint density at radius 2 is 1.68 bits per heavy atom. The second kappa shape index (κ2) is 13.6. The molecule has 5 N–H and O–H groups in total. The molecule has 0 aromatic heterocycles. The molecule has 1 unspecified atom stereocenters. The van der Waals surface area contributed by atoms with E-state index in [1.54, 1.807) is 30.3 Å². The highest BCUT2D eigenvalue weighted by molar-refractivity contribution is 7.89. The molecule has 0 aliphatic carbocycles. The first-order valence-electron chi connectivity index (χ1n) is 14.6.